The molecule has 3 nitrogen and oxygen atoms in total. The van der Waals surface area contributed by atoms with Crippen LogP contribution in [0.2, 0.25) is 0 Å². The summed E-state index contributed by atoms with van der Waals surface area (Å²) in [6.07, 6.45) is 2.36. The first-order valence-electron chi connectivity index (χ1n) is 5.98. The number of benzene rings is 1. The average molecular weight is 238 g/mol. The van der Waals surface area contributed by atoms with Gasteiger partial charge in [0.05, 0.1) is 6.10 Å². The van der Waals surface area contributed by atoms with Gasteiger partial charge in [-0.05, 0) is 25.0 Å². The van der Waals surface area contributed by atoms with Crippen LogP contribution in [-0.2, 0) is 11.3 Å². The summed E-state index contributed by atoms with van der Waals surface area (Å²) in [7, 11) is 1.75. The second kappa shape index (κ2) is 5.47. The van der Waals surface area contributed by atoms with Crippen molar-refractivity contribution in [2.24, 2.45) is 0 Å². The minimum atomic E-state index is -0.209. The summed E-state index contributed by atoms with van der Waals surface area (Å²) < 4.78 is 18.9. The molecule has 1 saturated heterocycles. The van der Waals surface area contributed by atoms with E-state index in [4.69, 9.17) is 10.5 Å². The van der Waals surface area contributed by atoms with E-state index < -0.39 is 0 Å². The maximum absolute atomic E-state index is 13.6. The lowest BCUT2D eigenvalue weighted by Crippen LogP contribution is -2.36. The van der Waals surface area contributed by atoms with Crippen molar-refractivity contribution in [3.63, 3.8) is 0 Å². The third kappa shape index (κ3) is 2.96. The largest absolute Gasteiger partial charge is 0.398 e. The van der Waals surface area contributed by atoms with Crippen LogP contribution >= 0.6 is 0 Å². The molecule has 2 rings (SSSR count). The van der Waals surface area contributed by atoms with E-state index in [1.54, 1.807) is 19.2 Å². The molecule has 1 aromatic carbocycles. The predicted octanol–water partition coefficient (Wildman–Crippen LogP) is 2.02. The number of methoxy groups -OCH3 is 1. The van der Waals surface area contributed by atoms with Crippen molar-refractivity contribution < 1.29 is 9.13 Å². The lowest BCUT2D eigenvalue weighted by Gasteiger charge is -2.31. The molecule has 94 valence electrons. The van der Waals surface area contributed by atoms with E-state index in [0.717, 1.165) is 25.9 Å². The van der Waals surface area contributed by atoms with Gasteiger partial charge in [-0.2, -0.15) is 0 Å². The van der Waals surface area contributed by atoms with Crippen LogP contribution in [0.3, 0.4) is 0 Å². The van der Waals surface area contributed by atoms with Crippen LogP contribution in [0.15, 0.2) is 18.2 Å². The highest BCUT2D eigenvalue weighted by Gasteiger charge is 2.20. The molecule has 1 aliphatic heterocycles. The highest BCUT2D eigenvalue weighted by Crippen LogP contribution is 2.21. The lowest BCUT2D eigenvalue weighted by atomic mass is 10.1. The van der Waals surface area contributed by atoms with Crippen LogP contribution in [0, 0.1) is 5.82 Å². The fourth-order valence-electron chi connectivity index (χ4n) is 2.27. The summed E-state index contributed by atoms with van der Waals surface area (Å²) >= 11 is 0. The zero-order chi connectivity index (χ0) is 12.3. The maximum atomic E-state index is 13.6. The smallest absolute Gasteiger partial charge is 0.129 e. The summed E-state index contributed by atoms with van der Waals surface area (Å²) in [5, 5.41) is 0. The van der Waals surface area contributed by atoms with Crippen molar-refractivity contribution in [3.8, 4) is 0 Å². The Morgan fingerprint density at radius 3 is 2.71 bits per heavy atom. The molecule has 1 fully saturated rings. The molecule has 0 atom stereocenters. The molecule has 17 heavy (non-hydrogen) atoms. The van der Waals surface area contributed by atoms with Gasteiger partial charge in [-0.25, -0.2) is 4.39 Å². The summed E-state index contributed by atoms with van der Waals surface area (Å²) in [6.45, 7) is 2.47. The van der Waals surface area contributed by atoms with Crippen LogP contribution in [0.25, 0.3) is 0 Å². The molecule has 1 aromatic rings. The van der Waals surface area contributed by atoms with Crippen LogP contribution in [0.5, 0.6) is 0 Å². The minimum absolute atomic E-state index is 0.209. The standard InChI is InChI=1S/C13H19FN2O/c1-17-10-5-7-16(8-6-10)9-11-12(14)3-2-4-13(11)15/h2-4,10H,5-9,15H2,1H3. The first kappa shape index (κ1) is 12.3. The average Bonchev–Trinajstić information content (AvgIpc) is 2.35. The molecule has 0 radical (unpaired) electrons. The van der Waals surface area contributed by atoms with E-state index in [0.29, 0.717) is 23.9 Å². The van der Waals surface area contributed by atoms with Crippen molar-refractivity contribution in [3.05, 3.63) is 29.6 Å². The third-order valence-corrected chi connectivity index (χ3v) is 3.40. The van der Waals surface area contributed by atoms with Crippen molar-refractivity contribution >= 4 is 5.69 Å². The highest BCUT2D eigenvalue weighted by molar-refractivity contribution is 5.47. The number of nitrogen functional groups attached to an aromatic ring is 1. The van der Waals surface area contributed by atoms with Gasteiger partial charge >= 0.3 is 0 Å². The number of hydrogen-bond acceptors (Lipinski definition) is 3. The number of piperidine rings is 1. The minimum Gasteiger partial charge on any atom is -0.398 e. The van der Waals surface area contributed by atoms with Gasteiger partial charge in [-0.3, -0.25) is 4.90 Å². The highest BCUT2D eigenvalue weighted by atomic mass is 19.1. The van der Waals surface area contributed by atoms with Crippen LogP contribution in [0.1, 0.15) is 18.4 Å². The number of nitrogens with zero attached hydrogens (tertiary/aromatic N) is 1. The number of ether oxygens (including phenoxy) is 1. The Labute approximate surface area is 101 Å². The van der Waals surface area contributed by atoms with Gasteiger partial charge in [0.2, 0.25) is 0 Å². The molecular formula is C13H19FN2O. The predicted molar refractivity (Wildman–Crippen MR) is 66.1 cm³/mol. The molecular weight excluding hydrogens is 219 g/mol. The van der Waals surface area contributed by atoms with Gasteiger partial charge in [0.25, 0.3) is 0 Å². The number of anilines is 1. The third-order valence-electron chi connectivity index (χ3n) is 3.40. The van der Waals surface area contributed by atoms with Gasteiger partial charge in [-0.1, -0.05) is 6.07 Å². The summed E-state index contributed by atoms with van der Waals surface area (Å²) in [4.78, 5) is 2.23. The fourth-order valence-corrected chi connectivity index (χ4v) is 2.27. The van der Waals surface area contributed by atoms with Gasteiger partial charge < -0.3 is 10.5 Å². The molecule has 0 amide bonds. The second-order valence-corrected chi connectivity index (χ2v) is 4.52. The molecule has 0 aromatic heterocycles. The molecule has 0 aliphatic carbocycles. The maximum Gasteiger partial charge on any atom is 0.129 e. The number of hydrogen-bond donors (Lipinski definition) is 1. The molecule has 0 unspecified atom stereocenters. The Bertz CT molecular complexity index is 355. The van der Waals surface area contributed by atoms with E-state index in [-0.39, 0.29) is 5.82 Å². The molecule has 0 bridgehead atoms. The molecule has 2 N–H and O–H groups in total. The SMILES string of the molecule is COC1CCN(Cc2c(N)cccc2F)CC1. The van der Waals surface area contributed by atoms with Gasteiger partial charge in [0.15, 0.2) is 0 Å². The van der Waals surface area contributed by atoms with E-state index in [1.807, 2.05) is 0 Å². The van der Waals surface area contributed by atoms with Crippen LogP contribution in [0.4, 0.5) is 10.1 Å². The van der Waals surface area contributed by atoms with Gasteiger partial charge in [0.1, 0.15) is 5.82 Å². The topological polar surface area (TPSA) is 38.5 Å². The Kier molecular flexibility index (Phi) is 3.97. The van der Waals surface area contributed by atoms with Crippen molar-refractivity contribution in [1.29, 1.82) is 0 Å². The van der Waals surface area contributed by atoms with Crippen LogP contribution in [-0.4, -0.2) is 31.2 Å². The van der Waals surface area contributed by atoms with Gasteiger partial charge in [-0.15, -0.1) is 0 Å². The van der Waals surface area contributed by atoms with E-state index >= 15 is 0 Å². The number of nitrogens with two attached hydrogens (primary N) is 1. The molecule has 4 heteroatoms. The monoisotopic (exact) mass is 238 g/mol. The van der Waals surface area contributed by atoms with Gasteiger partial charge in [0, 0.05) is 38.0 Å². The quantitative estimate of drug-likeness (QED) is 0.819. The Hall–Kier alpha value is -1.13. The van der Waals surface area contributed by atoms with E-state index in [2.05, 4.69) is 4.90 Å². The van der Waals surface area contributed by atoms with Crippen molar-refractivity contribution in [2.45, 2.75) is 25.5 Å². The Balaban J connectivity index is 1.98. The lowest BCUT2D eigenvalue weighted by molar-refractivity contribution is 0.0386. The number of halogens is 1. The fraction of sp³-hybridized carbons (Fsp3) is 0.538. The number of rotatable bonds is 3. The Morgan fingerprint density at radius 2 is 2.12 bits per heavy atom. The van der Waals surface area contributed by atoms with E-state index in [1.165, 1.54) is 6.07 Å². The summed E-state index contributed by atoms with van der Waals surface area (Å²) in [5.41, 5.74) is 6.96. The Morgan fingerprint density at radius 1 is 1.41 bits per heavy atom. The normalized spacial score (nSPS) is 18.5. The molecule has 1 aliphatic rings. The first-order chi connectivity index (χ1) is 8.20. The molecule has 1 heterocycles. The zero-order valence-corrected chi connectivity index (χ0v) is 10.2. The van der Waals surface area contributed by atoms with Crippen molar-refractivity contribution in [1.82, 2.24) is 4.90 Å². The second-order valence-electron chi connectivity index (χ2n) is 4.52. The molecule has 0 spiro atoms. The van der Waals surface area contributed by atoms with Crippen LogP contribution < -0.4 is 5.73 Å². The molecule has 0 saturated carbocycles. The van der Waals surface area contributed by atoms with E-state index in [9.17, 15) is 4.39 Å². The zero-order valence-electron chi connectivity index (χ0n) is 10.2. The summed E-state index contributed by atoms with van der Waals surface area (Å²) in [5.74, 6) is -0.209. The number of likely N-dealkylation sites (tertiary alicyclic amines) is 1. The first-order valence-corrected chi connectivity index (χ1v) is 5.98. The van der Waals surface area contributed by atoms with Crippen molar-refractivity contribution in [2.75, 3.05) is 25.9 Å². The summed E-state index contributed by atoms with van der Waals surface area (Å²) in [6, 6.07) is 4.86.